The van der Waals surface area contributed by atoms with Crippen molar-refractivity contribution in [1.82, 2.24) is 10.6 Å². The maximum atomic E-state index is 12.1. The van der Waals surface area contributed by atoms with Gasteiger partial charge in [-0.15, -0.1) is 0 Å². The molecule has 2 rings (SSSR count). The summed E-state index contributed by atoms with van der Waals surface area (Å²) in [4.78, 5) is 22.3. The third-order valence-electron chi connectivity index (χ3n) is 3.58. The summed E-state index contributed by atoms with van der Waals surface area (Å²) in [6, 6.07) is 4.44. The van der Waals surface area contributed by atoms with Crippen LogP contribution in [-0.2, 0) is 0 Å². The molecule has 0 radical (unpaired) electrons. The summed E-state index contributed by atoms with van der Waals surface area (Å²) in [6.07, 6.45) is 3.19. The maximum Gasteiger partial charge on any atom is 0.273 e. The number of methoxy groups -OCH3 is 1. The van der Waals surface area contributed by atoms with E-state index in [-0.39, 0.29) is 17.3 Å². The predicted octanol–water partition coefficient (Wildman–Crippen LogP) is 1.48. The predicted molar refractivity (Wildman–Crippen MR) is 77.6 cm³/mol. The Kier molecular flexibility index (Phi) is 5.10. The summed E-state index contributed by atoms with van der Waals surface area (Å²) in [5.74, 6) is -0.0690. The number of hydrogen-bond acceptors (Lipinski definition) is 5. The molecule has 0 unspecified atom stereocenters. The molecule has 1 aromatic carbocycles. The average Bonchev–Trinajstić information content (AvgIpc) is 2.99. The summed E-state index contributed by atoms with van der Waals surface area (Å²) in [7, 11) is 1.39. The van der Waals surface area contributed by atoms with E-state index in [1.807, 2.05) is 0 Å². The Bertz CT molecular complexity index is 527. The molecule has 7 nitrogen and oxygen atoms in total. The maximum absolute atomic E-state index is 12.1. The highest BCUT2D eigenvalue weighted by molar-refractivity contribution is 5.97. The van der Waals surface area contributed by atoms with Gasteiger partial charge in [0.2, 0.25) is 0 Å². The summed E-state index contributed by atoms with van der Waals surface area (Å²) < 4.78 is 5.06. The number of rotatable bonds is 6. The molecule has 1 saturated heterocycles. The first kappa shape index (κ1) is 15.2. The fourth-order valence-electron chi connectivity index (χ4n) is 2.44. The SMILES string of the molecule is COc1cc([N+](=O)[O-])ccc1C(=O)NCC[C@@H]1CCCN1. The number of benzene rings is 1. The van der Waals surface area contributed by atoms with Gasteiger partial charge in [-0.1, -0.05) is 0 Å². The van der Waals surface area contributed by atoms with Crippen molar-refractivity contribution >= 4 is 11.6 Å². The fraction of sp³-hybridized carbons (Fsp3) is 0.500. The van der Waals surface area contributed by atoms with Crippen molar-refractivity contribution in [1.29, 1.82) is 0 Å². The van der Waals surface area contributed by atoms with Crippen LogP contribution in [0.3, 0.4) is 0 Å². The van der Waals surface area contributed by atoms with Gasteiger partial charge in [0.1, 0.15) is 5.75 Å². The lowest BCUT2D eigenvalue weighted by Crippen LogP contribution is -2.30. The van der Waals surface area contributed by atoms with Crippen molar-refractivity contribution < 1.29 is 14.5 Å². The van der Waals surface area contributed by atoms with Gasteiger partial charge < -0.3 is 15.4 Å². The van der Waals surface area contributed by atoms with Crippen LogP contribution in [0.2, 0.25) is 0 Å². The minimum atomic E-state index is -0.518. The van der Waals surface area contributed by atoms with Crippen molar-refractivity contribution in [3.8, 4) is 5.75 Å². The van der Waals surface area contributed by atoms with Gasteiger partial charge in [0.05, 0.1) is 23.7 Å². The molecule has 1 heterocycles. The summed E-state index contributed by atoms with van der Waals surface area (Å²) in [6.45, 7) is 1.60. The van der Waals surface area contributed by atoms with Crippen molar-refractivity contribution in [3.05, 3.63) is 33.9 Å². The quantitative estimate of drug-likeness (QED) is 0.612. The zero-order chi connectivity index (χ0) is 15.2. The van der Waals surface area contributed by atoms with Gasteiger partial charge in [0, 0.05) is 18.7 Å². The lowest BCUT2D eigenvalue weighted by Gasteiger charge is -2.12. The van der Waals surface area contributed by atoms with E-state index < -0.39 is 4.92 Å². The van der Waals surface area contributed by atoms with E-state index in [1.165, 1.54) is 31.7 Å². The standard InChI is InChI=1S/C14H19N3O4/c1-21-13-9-11(17(19)20)4-5-12(13)14(18)16-8-6-10-3-2-7-15-10/h4-5,9-10,15H,2-3,6-8H2,1H3,(H,16,18)/t10-/m0/s1. The molecule has 0 bridgehead atoms. The Hall–Kier alpha value is -2.15. The number of ether oxygens (including phenoxy) is 1. The number of carbonyl (C=O) groups excluding carboxylic acids is 1. The number of nitrogens with one attached hydrogen (secondary N) is 2. The van der Waals surface area contributed by atoms with Crippen molar-refractivity contribution in [3.63, 3.8) is 0 Å². The van der Waals surface area contributed by atoms with Crippen LogP contribution in [0, 0.1) is 10.1 Å². The molecule has 0 aliphatic carbocycles. The molecule has 1 fully saturated rings. The number of nitrogens with zero attached hydrogens (tertiary/aromatic N) is 1. The molecular weight excluding hydrogens is 274 g/mol. The minimum Gasteiger partial charge on any atom is -0.496 e. The van der Waals surface area contributed by atoms with Crippen molar-refractivity contribution in [2.75, 3.05) is 20.2 Å². The number of carbonyl (C=O) groups is 1. The topological polar surface area (TPSA) is 93.5 Å². The normalized spacial score (nSPS) is 17.5. The van der Waals surface area contributed by atoms with Gasteiger partial charge in [-0.2, -0.15) is 0 Å². The number of nitro benzene ring substituents is 1. The van der Waals surface area contributed by atoms with E-state index >= 15 is 0 Å². The van der Waals surface area contributed by atoms with Gasteiger partial charge >= 0.3 is 0 Å². The number of nitro groups is 1. The van der Waals surface area contributed by atoms with Crippen LogP contribution in [0.25, 0.3) is 0 Å². The highest BCUT2D eigenvalue weighted by atomic mass is 16.6. The lowest BCUT2D eigenvalue weighted by atomic mass is 10.1. The molecule has 114 valence electrons. The van der Waals surface area contributed by atoms with Crippen LogP contribution in [0.15, 0.2) is 18.2 Å². The second-order valence-corrected chi connectivity index (χ2v) is 4.98. The average molecular weight is 293 g/mol. The van der Waals surface area contributed by atoms with Gasteiger partial charge in [-0.3, -0.25) is 14.9 Å². The van der Waals surface area contributed by atoms with Crippen LogP contribution in [0.5, 0.6) is 5.75 Å². The van der Waals surface area contributed by atoms with Crippen LogP contribution < -0.4 is 15.4 Å². The second kappa shape index (κ2) is 7.03. The first-order chi connectivity index (χ1) is 10.1. The fourth-order valence-corrected chi connectivity index (χ4v) is 2.44. The van der Waals surface area contributed by atoms with E-state index in [0.717, 1.165) is 19.4 Å². The first-order valence-corrected chi connectivity index (χ1v) is 6.96. The molecule has 1 aliphatic rings. The Labute approximate surface area is 122 Å². The van der Waals surface area contributed by atoms with Crippen molar-refractivity contribution in [2.45, 2.75) is 25.3 Å². The largest absolute Gasteiger partial charge is 0.496 e. The first-order valence-electron chi connectivity index (χ1n) is 6.96. The van der Waals surface area contributed by atoms with Gasteiger partial charge in [0.25, 0.3) is 11.6 Å². The van der Waals surface area contributed by atoms with E-state index in [4.69, 9.17) is 4.74 Å². The highest BCUT2D eigenvalue weighted by Gasteiger charge is 2.18. The zero-order valence-electron chi connectivity index (χ0n) is 11.9. The molecule has 1 amide bonds. The molecule has 2 N–H and O–H groups in total. The summed E-state index contributed by atoms with van der Waals surface area (Å²) >= 11 is 0. The smallest absolute Gasteiger partial charge is 0.273 e. The van der Waals surface area contributed by atoms with Gasteiger partial charge in [-0.25, -0.2) is 0 Å². The number of amides is 1. The summed E-state index contributed by atoms with van der Waals surface area (Å²) in [5.41, 5.74) is 0.209. The molecule has 0 spiro atoms. The zero-order valence-corrected chi connectivity index (χ0v) is 11.9. The third-order valence-corrected chi connectivity index (χ3v) is 3.58. The van der Waals surface area contributed by atoms with E-state index in [2.05, 4.69) is 10.6 Å². The van der Waals surface area contributed by atoms with Gasteiger partial charge in [0.15, 0.2) is 0 Å². The monoisotopic (exact) mass is 293 g/mol. The molecule has 7 heteroatoms. The van der Waals surface area contributed by atoms with Crippen LogP contribution in [0.1, 0.15) is 29.6 Å². The minimum absolute atomic E-state index is 0.0986. The van der Waals surface area contributed by atoms with Gasteiger partial charge in [-0.05, 0) is 31.9 Å². The highest BCUT2D eigenvalue weighted by Crippen LogP contribution is 2.24. The Balaban J connectivity index is 1.96. The van der Waals surface area contributed by atoms with Crippen molar-refractivity contribution in [2.24, 2.45) is 0 Å². The lowest BCUT2D eigenvalue weighted by molar-refractivity contribution is -0.384. The molecule has 0 aromatic heterocycles. The third kappa shape index (κ3) is 3.91. The van der Waals surface area contributed by atoms with E-state index in [0.29, 0.717) is 18.2 Å². The van der Waals surface area contributed by atoms with E-state index in [1.54, 1.807) is 0 Å². The van der Waals surface area contributed by atoms with Crippen LogP contribution in [0.4, 0.5) is 5.69 Å². The number of hydrogen-bond donors (Lipinski definition) is 2. The molecule has 1 aromatic rings. The van der Waals surface area contributed by atoms with E-state index in [9.17, 15) is 14.9 Å². The number of non-ortho nitro benzene ring substituents is 1. The molecule has 0 saturated carbocycles. The second-order valence-electron chi connectivity index (χ2n) is 4.98. The molecule has 1 aliphatic heterocycles. The molecule has 1 atom stereocenters. The summed E-state index contributed by atoms with van der Waals surface area (Å²) in [5, 5.41) is 16.9. The Morgan fingerprint density at radius 1 is 1.57 bits per heavy atom. The van der Waals surface area contributed by atoms with Crippen LogP contribution >= 0.6 is 0 Å². The Morgan fingerprint density at radius 2 is 2.38 bits per heavy atom. The molecule has 21 heavy (non-hydrogen) atoms. The van der Waals surface area contributed by atoms with Crippen LogP contribution in [-0.4, -0.2) is 37.1 Å². The Morgan fingerprint density at radius 3 is 3.00 bits per heavy atom. The molecular formula is C14H19N3O4.